The molecule has 0 aliphatic carbocycles. The molecule has 0 radical (unpaired) electrons. The number of nitrogens with one attached hydrogen (secondary N) is 1. The summed E-state index contributed by atoms with van der Waals surface area (Å²) in [5, 5.41) is 2.93. The summed E-state index contributed by atoms with van der Waals surface area (Å²) in [4.78, 5) is 29.0. The monoisotopic (exact) mass is 629 g/mol. The smallest absolute Gasteiger partial charge is 0.244 e. The van der Waals surface area contributed by atoms with Crippen molar-refractivity contribution in [3.05, 3.63) is 94.5 Å². The van der Waals surface area contributed by atoms with Gasteiger partial charge in [0.1, 0.15) is 18.3 Å². The van der Waals surface area contributed by atoms with Gasteiger partial charge >= 0.3 is 0 Å². The van der Waals surface area contributed by atoms with Crippen molar-refractivity contribution in [3.63, 3.8) is 0 Å². The molecule has 214 valence electrons. The molecule has 2 amide bonds. The maximum atomic E-state index is 14.0. The normalized spacial score (nSPS) is 11.9. The van der Waals surface area contributed by atoms with Gasteiger partial charge in [-0.05, 0) is 60.9 Å². The van der Waals surface area contributed by atoms with Crippen LogP contribution in [0.4, 0.5) is 5.69 Å². The number of sulfonamides is 1. The van der Waals surface area contributed by atoms with Gasteiger partial charge in [-0.25, -0.2) is 8.42 Å². The van der Waals surface area contributed by atoms with Crippen molar-refractivity contribution in [2.45, 2.75) is 39.3 Å². The summed E-state index contributed by atoms with van der Waals surface area (Å²) in [6, 6.07) is 22.6. The molecule has 0 saturated carbocycles. The van der Waals surface area contributed by atoms with Crippen LogP contribution < -0.4 is 14.4 Å². The van der Waals surface area contributed by atoms with E-state index in [4.69, 9.17) is 4.74 Å². The molecule has 10 heteroatoms. The number of hydrogen-bond acceptors (Lipinski definition) is 5. The summed E-state index contributed by atoms with van der Waals surface area (Å²) >= 11 is 3.48. The number of carbonyl (C=O) groups is 2. The molecule has 40 heavy (non-hydrogen) atoms. The van der Waals surface area contributed by atoms with E-state index in [9.17, 15) is 18.0 Å². The van der Waals surface area contributed by atoms with E-state index in [0.717, 1.165) is 32.6 Å². The molecule has 0 saturated heterocycles. The Hall–Kier alpha value is -3.37. The highest BCUT2D eigenvalue weighted by molar-refractivity contribution is 9.10. The third-order valence-corrected chi connectivity index (χ3v) is 7.81. The maximum Gasteiger partial charge on any atom is 0.244 e. The molecule has 1 atom stereocenters. The molecule has 1 N–H and O–H groups in total. The first-order valence-corrected chi connectivity index (χ1v) is 15.8. The summed E-state index contributed by atoms with van der Waals surface area (Å²) in [6.07, 6.45) is 2.08. The molecule has 0 heterocycles. The standard InChI is InChI=1S/C30H36BrN3O5S/c1-4-18-32-30(36)28(20-23-10-7-6-8-11-23)33(21-24-12-9-13-25(31)19-24)29(35)22-34(40(3,37)38)26-14-16-27(17-15-26)39-5-2/h6-17,19,28H,4-5,18,20-22H2,1-3H3,(H,32,36)/t28-/m1/s1. The van der Waals surface area contributed by atoms with Gasteiger partial charge in [0.05, 0.1) is 18.6 Å². The minimum Gasteiger partial charge on any atom is -0.494 e. The lowest BCUT2D eigenvalue weighted by Gasteiger charge is -2.33. The Bertz CT molecular complexity index is 1370. The van der Waals surface area contributed by atoms with Crippen LogP contribution in [-0.4, -0.2) is 57.1 Å². The maximum absolute atomic E-state index is 14.0. The van der Waals surface area contributed by atoms with E-state index in [2.05, 4.69) is 21.2 Å². The second kappa shape index (κ2) is 14.9. The van der Waals surface area contributed by atoms with E-state index in [-0.39, 0.29) is 18.9 Å². The first kappa shape index (κ1) is 31.2. The average Bonchev–Trinajstić information content (AvgIpc) is 2.93. The molecular formula is C30H36BrN3O5S. The number of benzene rings is 3. The van der Waals surface area contributed by atoms with Gasteiger partial charge in [0.25, 0.3) is 0 Å². The molecule has 3 aromatic rings. The summed E-state index contributed by atoms with van der Waals surface area (Å²) in [7, 11) is -3.83. The average molecular weight is 631 g/mol. The van der Waals surface area contributed by atoms with Gasteiger partial charge in [-0.3, -0.25) is 13.9 Å². The first-order valence-electron chi connectivity index (χ1n) is 13.2. The molecule has 0 aromatic heterocycles. The number of rotatable bonds is 14. The van der Waals surface area contributed by atoms with Gasteiger partial charge in [0, 0.05) is 24.0 Å². The molecule has 3 aromatic carbocycles. The SMILES string of the molecule is CCCNC(=O)[C@@H](Cc1ccccc1)N(Cc1cccc(Br)c1)C(=O)CN(c1ccc(OCC)cc1)S(C)(=O)=O. The van der Waals surface area contributed by atoms with Crippen LogP contribution in [0.5, 0.6) is 5.75 Å². The molecule has 8 nitrogen and oxygen atoms in total. The van der Waals surface area contributed by atoms with Crippen LogP contribution in [0.25, 0.3) is 0 Å². The van der Waals surface area contributed by atoms with Gasteiger partial charge in [-0.15, -0.1) is 0 Å². The van der Waals surface area contributed by atoms with E-state index < -0.39 is 28.5 Å². The Kier molecular flexibility index (Phi) is 11.6. The predicted molar refractivity (Wildman–Crippen MR) is 162 cm³/mol. The fraction of sp³-hybridized carbons (Fsp3) is 0.333. The third-order valence-electron chi connectivity index (χ3n) is 6.18. The molecule has 0 spiro atoms. The zero-order valence-electron chi connectivity index (χ0n) is 23.0. The summed E-state index contributed by atoms with van der Waals surface area (Å²) in [5.74, 6) is -0.189. The lowest BCUT2D eigenvalue weighted by molar-refractivity contribution is -0.140. The number of nitrogens with zero attached hydrogens (tertiary/aromatic N) is 2. The van der Waals surface area contributed by atoms with Crippen LogP contribution in [-0.2, 0) is 32.6 Å². The number of halogens is 1. The number of anilines is 1. The van der Waals surface area contributed by atoms with Gasteiger partial charge in [0.15, 0.2) is 0 Å². The van der Waals surface area contributed by atoms with E-state index >= 15 is 0 Å². The molecule has 0 bridgehead atoms. The van der Waals surface area contributed by atoms with Crippen molar-refractivity contribution in [2.75, 3.05) is 30.3 Å². The fourth-order valence-corrected chi connectivity index (χ4v) is 5.54. The predicted octanol–water partition coefficient (Wildman–Crippen LogP) is 4.78. The second-order valence-corrected chi connectivity index (χ2v) is 12.2. The van der Waals surface area contributed by atoms with Crippen LogP contribution in [0.2, 0.25) is 0 Å². The van der Waals surface area contributed by atoms with Crippen LogP contribution in [0.3, 0.4) is 0 Å². The highest BCUT2D eigenvalue weighted by Gasteiger charge is 2.33. The molecule has 3 rings (SSSR count). The molecular weight excluding hydrogens is 594 g/mol. The highest BCUT2D eigenvalue weighted by atomic mass is 79.9. The largest absolute Gasteiger partial charge is 0.494 e. The zero-order valence-corrected chi connectivity index (χ0v) is 25.4. The Balaban J connectivity index is 2.02. The van der Waals surface area contributed by atoms with E-state index in [1.165, 1.54) is 4.90 Å². The number of hydrogen-bond donors (Lipinski definition) is 1. The van der Waals surface area contributed by atoms with Gasteiger partial charge in [-0.2, -0.15) is 0 Å². The number of carbonyl (C=O) groups excluding carboxylic acids is 2. The van der Waals surface area contributed by atoms with Crippen LogP contribution >= 0.6 is 15.9 Å². The minimum absolute atomic E-state index is 0.121. The van der Waals surface area contributed by atoms with E-state index in [1.807, 2.05) is 68.4 Å². The molecule has 0 unspecified atom stereocenters. The summed E-state index contributed by atoms with van der Waals surface area (Å²) < 4.78 is 33.1. The van der Waals surface area contributed by atoms with E-state index in [1.54, 1.807) is 24.3 Å². The van der Waals surface area contributed by atoms with Crippen molar-refractivity contribution < 1.29 is 22.7 Å². The quantitative estimate of drug-likeness (QED) is 0.277. The fourth-order valence-electron chi connectivity index (χ4n) is 4.24. The summed E-state index contributed by atoms with van der Waals surface area (Å²) in [6.45, 7) is 4.41. The van der Waals surface area contributed by atoms with Crippen molar-refractivity contribution in [1.82, 2.24) is 10.2 Å². The lowest BCUT2D eigenvalue weighted by atomic mass is 10.0. The van der Waals surface area contributed by atoms with Crippen LogP contribution in [0.15, 0.2) is 83.3 Å². The minimum atomic E-state index is -3.83. The zero-order chi connectivity index (χ0) is 29.1. The van der Waals surface area contributed by atoms with Crippen LogP contribution in [0.1, 0.15) is 31.4 Å². The number of amides is 2. The third kappa shape index (κ3) is 9.09. The van der Waals surface area contributed by atoms with Crippen molar-refractivity contribution in [3.8, 4) is 5.75 Å². The van der Waals surface area contributed by atoms with Crippen molar-refractivity contribution in [1.29, 1.82) is 0 Å². The van der Waals surface area contributed by atoms with Gasteiger partial charge in [0.2, 0.25) is 21.8 Å². The Morgan fingerprint density at radius 2 is 1.62 bits per heavy atom. The Morgan fingerprint density at radius 1 is 0.950 bits per heavy atom. The van der Waals surface area contributed by atoms with Gasteiger partial charge in [-0.1, -0.05) is 65.3 Å². The van der Waals surface area contributed by atoms with Gasteiger partial charge < -0.3 is 15.0 Å². The first-order chi connectivity index (χ1) is 19.1. The van der Waals surface area contributed by atoms with Crippen molar-refractivity contribution >= 4 is 43.5 Å². The van der Waals surface area contributed by atoms with Crippen LogP contribution in [0, 0.1) is 0 Å². The molecule has 0 aliphatic heterocycles. The topological polar surface area (TPSA) is 96.0 Å². The molecule has 0 aliphatic rings. The highest BCUT2D eigenvalue weighted by Crippen LogP contribution is 2.23. The summed E-state index contributed by atoms with van der Waals surface area (Å²) in [5.41, 5.74) is 2.02. The number of ether oxygens (including phenoxy) is 1. The molecule has 0 fully saturated rings. The van der Waals surface area contributed by atoms with Crippen molar-refractivity contribution in [2.24, 2.45) is 0 Å². The van der Waals surface area contributed by atoms with E-state index in [0.29, 0.717) is 24.6 Å². The lowest BCUT2D eigenvalue weighted by Crippen LogP contribution is -2.53. The second-order valence-electron chi connectivity index (χ2n) is 9.34. The Morgan fingerprint density at radius 3 is 2.23 bits per heavy atom. The Labute approximate surface area is 245 Å².